The van der Waals surface area contributed by atoms with Crippen LogP contribution in [-0.4, -0.2) is 50.2 Å². The molecule has 3 aliphatic rings. The average Bonchev–Trinajstić information content (AvgIpc) is 3.54. The summed E-state index contributed by atoms with van der Waals surface area (Å²) < 4.78 is 46.6. The van der Waals surface area contributed by atoms with Gasteiger partial charge in [-0.3, -0.25) is 4.79 Å². The molecule has 4 rings (SSSR count). The number of halogens is 3. The van der Waals surface area contributed by atoms with Gasteiger partial charge in [-0.05, 0) is 55.2 Å². The lowest BCUT2D eigenvalue weighted by Gasteiger charge is -2.43. The zero-order chi connectivity index (χ0) is 23.8. The van der Waals surface area contributed by atoms with Crippen molar-refractivity contribution in [3.05, 3.63) is 29.3 Å². The van der Waals surface area contributed by atoms with Gasteiger partial charge in [-0.25, -0.2) is 0 Å². The van der Waals surface area contributed by atoms with Crippen molar-refractivity contribution in [1.82, 2.24) is 4.90 Å². The average molecular weight is 464 g/mol. The maximum absolute atomic E-state index is 13.5. The van der Waals surface area contributed by atoms with Gasteiger partial charge in [0.1, 0.15) is 0 Å². The van der Waals surface area contributed by atoms with Crippen LogP contribution >= 0.6 is 0 Å². The van der Waals surface area contributed by atoms with Gasteiger partial charge in [-0.1, -0.05) is 13.8 Å². The predicted molar refractivity (Wildman–Crippen MR) is 118 cm³/mol. The fraction of sp³-hybridized carbons (Fsp3) is 0.680. The summed E-state index contributed by atoms with van der Waals surface area (Å²) in [6.07, 6.45) is -0.517. The summed E-state index contributed by atoms with van der Waals surface area (Å²) in [6.45, 7) is 7.75. The summed E-state index contributed by atoms with van der Waals surface area (Å²) in [5, 5.41) is 9.12. The zero-order valence-corrected chi connectivity index (χ0v) is 19.3. The monoisotopic (exact) mass is 463 g/mol. The van der Waals surface area contributed by atoms with E-state index in [0.717, 1.165) is 25.5 Å². The second kappa shape index (κ2) is 9.17. The third-order valence-corrected chi connectivity index (χ3v) is 7.54. The third kappa shape index (κ3) is 5.13. The van der Waals surface area contributed by atoms with Crippen LogP contribution in [0.15, 0.2) is 18.2 Å². The third-order valence-electron chi connectivity index (χ3n) is 7.54. The van der Waals surface area contributed by atoms with Gasteiger partial charge in [0.15, 0.2) is 0 Å². The summed E-state index contributed by atoms with van der Waals surface area (Å²) in [6, 6.07) is 5.65. The van der Waals surface area contributed by atoms with Crippen LogP contribution in [0.1, 0.15) is 50.7 Å². The number of amides is 1. The number of alkyl halides is 3. The smallest absolute Gasteiger partial charge is 0.381 e. The fourth-order valence-electron chi connectivity index (χ4n) is 5.29. The first-order chi connectivity index (χ1) is 15.6. The molecule has 1 amide bonds. The Kier molecular flexibility index (Phi) is 6.63. The van der Waals surface area contributed by atoms with E-state index in [9.17, 15) is 18.0 Å². The van der Waals surface area contributed by atoms with E-state index in [1.165, 1.54) is 18.9 Å². The van der Waals surface area contributed by atoms with Crippen molar-refractivity contribution in [2.45, 2.75) is 45.7 Å². The van der Waals surface area contributed by atoms with Crippen molar-refractivity contribution in [1.29, 1.82) is 5.26 Å². The molecule has 180 valence electrons. The van der Waals surface area contributed by atoms with Crippen LogP contribution in [0.25, 0.3) is 0 Å². The van der Waals surface area contributed by atoms with Gasteiger partial charge in [0, 0.05) is 50.3 Å². The first-order valence-electron chi connectivity index (χ1n) is 11.9. The van der Waals surface area contributed by atoms with Crippen molar-refractivity contribution in [3.8, 4) is 6.07 Å². The predicted octanol–water partition coefficient (Wildman–Crippen LogP) is 4.70. The van der Waals surface area contributed by atoms with E-state index in [4.69, 9.17) is 10.00 Å². The van der Waals surface area contributed by atoms with Crippen LogP contribution in [0.5, 0.6) is 0 Å². The number of nitriles is 1. The Bertz CT molecular complexity index is 912. The Balaban J connectivity index is 1.54. The highest BCUT2D eigenvalue weighted by Crippen LogP contribution is 2.47. The first-order valence-corrected chi connectivity index (χ1v) is 11.9. The Morgan fingerprint density at radius 1 is 1.24 bits per heavy atom. The highest BCUT2D eigenvalue weighted by atomic mass is 19.4. The number of benzene rings is 1. The van der Waals surface area contributed by atoms with E-state index >= 15 is 0 Å². The largest absolute Gasteiger partial charge is 0.417 e. The highest BCUT2D eigenvalue weighted by molar-refractivity contribution is 5.78. The van der Waals surface area contributed by atoms with E-state index in [2.05, 4.69) is 0 Å². The van der Waals surface area contributed by atoms with Gasteiger partial charge in [0.25, 0.3) is 0 Å². The van der Waals surface area contributed by atoms with Crippen LogP contribution in [0.2, 0.25) is 0 Å². The molecule has 33 heavy (non-hydrogen) atoms. The number of carbonyl (C=O) groups excluding carboxylic acids is 1. The van der Waals surface area contributed by atoms with Crippen molar-refractivity contribution < 1.29 is 22.7 Å². The number of hydrogen-bond donors (Lipinski definition) is 0. The van der Waals surface area contributed by atoms with E-state index in [1.54, 1.807) is 12.1 Å². The van der Waals surface area contributed by atoms with Gasteiger partial charge in [0.2, 0.25) is 5.91 Å². The van der Waals surface area contributed by atoms with Gasteiger partial charge in [0.05, 0.1) is 23.8 Å². The Hall–Kier alpha value is -2.27. The molecule has 1 aromatic carbocycles. The molecule has 2 aliphatic heterocycles. The number of nitrogens with zero attached hydrogens (tertiary/aromatic N) is 3. The van der Waals surface area contributed by atoms with E-state index in [1.807, 2.05) is 23.6 Å². The molecule has 1 spiro atoms. The lowest BCUT2D eigenvalue weighted by atomic mass is 9.71. The fourth-order valence-corrected chi connectivity index (χ4v) is 5.29. The van der Waals surface area contributed by atoms with Gasteiger partial charge < -0.3 is 14.5 Å². The Morgan fingerprint density at radius 2 is 1.94 bits per heavy atom. The van der Waals surface area contributed by atoms with Crippen LogP contribution < -0.4 is 4.90 Å². The summed E-state index contributed by atoms with van der Waals surface area (Å²) >= 11 is 0. The molecule has 8 heteroatoms. The maximum Gasteiger partial charge on any atom is 0.417 e. The summed E-state index contributed by atoms with van der Waals surface area (Å²) in [5.41, 5.74) is -0.845. The van der Waals surface area contributed by atoms with Crippen molar-refractivity contribution >= 4 is 11.6 Å². The molecular formula is C25H32F3N3O2. The topological polar surface area (TPSA) is 56.6 Å². The van der Waals surface area contributed by atoms with Crippen LogP contribution in [0.4, 0.5) is 18.9 Å². The van der Waals surface area contributed by atoms with Crippen molar-refractivity contribution in [2.24, 2.45) is 23.2 Å². The van der Waals surface area contributed by atoms with Gasteiger partial charge in [-0.2, -0.15) is 18.4 Å². The molecule has 0 radical (unpaired) electrons. The number of carbonyl (C=O) groups is 1. The Labute approximate surface area is 193 Å². The molecule has 0 aromatic heterocycles. The normalized spacial score (nSPS) is 22.8. The molecule has 5 nitrogen and oxygen atoms in total. The highest BCUT2D eigenvalue weighted by Gasteiger charge is 2.49. The molecule has 2 heterocycles. The molecular weight excluding hydrogens is 431 g/mol. The van der Waals surface area contributed by atoms with Gasteiger partial charge in [-0.15, -0.1) is 0 Å². The summed E-state index contributed by atoms with van der Waals surface area (Å²) in [7, 11) is 0. The number of likely N-dealkylation sites (tertiary alicyclic amines) is 1. The van der Waals surface area contributed by atoms with Crippen LogP contribution in [0.3, 0.4) is 0 Å². The minimum absolute atomic E-state index is 0.0452. The molecule has 1 aliphatic carbocycles. The van der Waals surface area contributed by atoms with Crippen LogP contribution in [0, 0.1) is 34.5 Å². The molecule has 0 N–H and O–H groups in total. The second-order valence-electron chi connectivity index (χ2n) is 10.2. The molecule has 0 bridgehead atoms. The number of rotatable bonds is 6. The lowest BCUT2D eigenvalue weighted by molar-refractivity contribution is -0.138. The first kappa shape index (κ1) is 23.9. The maximum atomic E-state index is 13.5. The number of ether oxygens (including phenoxy) is 1. The second-order valence-corrected chi connectivity index (χ2v) is 10.2. The molecule has 1 unspecified atom stereocenters. The minimum atomic E-state index is -4.58. The SMILES string of the molecule is CC(C)C(=O)N1CCC2(CC1)CN(c1ccc(C#N)c(C(F)(F)F)c1)CC2COCC1CC1. The van der Waals surface area contributed by atoms with E-state index in [-0.39, 0.29) is 28.7 Å². The number of anilines is 1. The lowest BCUT2D eigenvalue weighted by Crippen LogP contribution is -2.48. The van der Waals surface area contributed by atoms with Gasteiger partial charge >= 0.3 is 6.18 Å². The zero-order valence-electron chi connectivity index (χ0n) is 19.3. The molecule has 1 atom stereocenters. The molecule has 3 fully saturated rings. The van der Waals surface area contributed by atoms with Crippen LogP contribution in [-0.2, 0) is 15.7 Å². The standard InChI is InChI=1S/C25H32F3N3O2/c1-17(2)23(32)30-9-7-24(8-10-30)16-31(13-20(24)15-33-14-18-3-4-18)21-6-5-19(12-29)22(11-21)25(26,27)28/h5-6,11,17-18,20H,3-4,7-10,13-16H2,1-2H3. The molecule has 1 aromatic rings. The molecule has 2 saturated heterocycles. The Morgan fingerprint density at radius 3 is 2.52 bits per heavy atom. The summed E-state index contributed by atoms with van der Waals surface area (Å²) in [5.74, 6) is 0.953. The van der Waals surface area contributed by atoms with Crippen molar-refractivity contribution in [2.75, 3.05) is 44.3 Å². The minimum Gasteiger partial charge on any atom is -0.381 e. The molecule has 1 saturated carbocycles. The van der Waals surface area contributed by atoms with Crippen molar-refractivity contribution in [3.63, 3.8) is 0 Å². The summed E-state index contributed by atoms with van der Waals surface area (Å²) in [4.78, 5) is 16.4. The van der Waals surface area contributed by atoms with E-state index < -0.39 is 11.7 Å². The van der Waals surface area contributed by atoms with E-state index in [0.29, 0.717) is 44.4 Å². The number of piperidine rings is 1. The number of hydrogen-bond acceptors (Lipinski definition) is 4. The quantitative estimate of drug-likeness (QED) is 0.614.